The number of anilines is 3. The highest BCUT2D eigenvalue weighted by atomic mass is 15.1. The largest absolute Gasteiger partial charge is 0.310 e. The van der Waals surface area contributed by atoms with E-state index in [2.05, 4.69) is 103 Å². The van der Waals surface area contributed by atoms with Gasteiger partial charge in [0.25, 0.3) is 0 Å². The number of benzene rings is 10. The van der Waals surface area contributed by atoms with E-state index in [9.17, 15) is 0 Å². The van der Waals surface area contributed by atoms with E-state index in [1.165, 1.54) is 32.5 Å². The average Bonchev–Trinajstić information content (AvgIpc) is 3.19. The monoisotopic (exact) mass is 600 g/mol. The van der Waals surface area contributed by atoms with Crippen LogP contribution in [-0.2, 0) is 0 Å². The zero-order chi connectivity index (χ0) is 35.2. The van der Waals surface area contributed by atoms with E-state index in [0.717, 1.165) is 43.3 Å². The number of hydrogen-bond acceptors (Lipinski definition) is 1. The molecular formula is C46H29N. The Hall–Kier alpha value is -6.18. The van der Waals surface area contributed by atoms with Gasteiger partial charge in [-0.25, -0.2) is 0 Å². The molecule has 218 valence electrons. The molecule has 0 spiro atoms. The van der Waals surface area contributed by atoms with Crippen LogP contribution in [-0.4, -0.2) is 0 Å². The summed E-state index contributed by atoms with van der Waals surface area (Å²) in [6.45, 7) is 0. The molecule has 0 saturated carbocycles. The van der Waals surface area contributed by atoms with E-state index < -0.39 is 6.04 Å². The van der Waals surface area contributed by atoms with Crippen molar-refractivity contribution in [2.45, 2.75) is 0 Å². The zero-order valence-electron chi connectivity index (χ0n) is 30.3. The smallest absolute Gasteiger partial charge is 0.0645 e. The number of para-hydroxylation sites is 1. The molecule has 0 aliphatic rings. The summed E-state index contributed by atoms with van der Waals surface area (Å²) in [6, 6.07) is 49.2. The summed E-state index contributed by atoms with van der Waals surface area (Å²) in [6.07, 6.45) is 0. The Morgan fingerprint density at radius 2 is 0.894 bits per heavy atom. The predicted octanol–water partition coefficient (Wildman–Crippen LogP) is 13.2. The quantitative estimate of drug-likeness (QED) is 0.182. The van der Waals surface area contributed by atoms with Gasteiger partial charge in [-0.15, -0.1) is 0 Å². The molecule has 0 radical (unpaired) electrons. The normalized spacial score (nSPS) is 13.3. The lowest BCUT2D eigenvalue weighted by Gasteiger charge is -2.27. The van der Waals surface area contributed by atoms with Gasteiger partial charge < -0.3 is 4.90 Å². The molecule has 1 nitrogen and oxygen atoms in total. The molecule has 10 rings (SSSR count). The van der Waals surface area contributed by atoms with Crippen molar-refractivity contribution in [3.63, 3.8) is 0 Å². The van der Waals surface area contributed by atoms with E-state index in [-0.39, 0.29) is 29.9 Å². The van der Waals surface area contributed by atoms with Gasteiger partial charge in [0.2, 0.25) is 0 Å². The van der Waals surface area contributed by atoms with Crippen molar-refractivity contribution in [2.75, 3.05) is 4.90 Å². The Morgan fingerprint density at radius 3 is 1.60 bits per heavy atom. The highest BCUT2D eigenvalue weighted by Gasteiger charge is 2.18. The minimum atomic E-state index is -0.413. The maximum atomic E-state index is 8.96. The standard InChI is InChI=1S/C46H29N/c1-2-13-38(14-3-1)47(39-23-22-30-10-4-5-11-31(30)26-39)40-27-35-20-18-33-24-37(25-34-19-21-36(28-40)46(35)45(33)34)44-29-32-12-6-7-15-41(32)42-16-8-9-17-43(42)44/h1-29H/i1D,2D,3D,13D,14D. The molecule has 0 saturated heterocycles. The first kappa shape index (κ1) is 21.5. The summed E-state index contributed by atoms with van der Waals surface area (Å²) >= 11 is 0. The van der Waals surface area contributed by atoms with Crippen LogP contribution in [0, 0.1) is 0 Å². The molecule has 0 fully saturated rings. The number of rotatable bonds is 4. The van der Waals surface area contributed by atoms with Crippen LogP contribution in [0.15, 0.2) is 176 Å². The number of nitrogens with zero attached hydrogens (tertiary/aromatic N) is 1. The maximum Gasteiger partial charge on any atom is 0.0645 e. The Labute approximate surface area is 279 Å². The van der Waals surface area contributed by atoms with E-state index in [0.29, 0.717) is 11.4 Å². The number of hydrogen-bond donors (Lipinski definition) is 0. The van der Waals surface area contributed by atoms with E-state index in [1.54, 1.807) is 0 Å². The van der Waals surface area contributed by atoms with Crippen molar-refractivity contribution in [3.8, 4) is 11.1 Å². The van der Waals surface area contributed by atoms with Crippen LogP contribution in [0.2, 0.25) is 0 Å². The second-order valence-corrected chi connectivity index (χ2v) is 12.2. The van der Waals surface area contributed by atoms with Gasteiger partial charge in [-0.1, -0.05) is 121 Å². The van der Waals surface area contributed by atoms with Crippen LogP contribution in [0.4, 0.5) is 17.1 Å². The summed E-state index contributed by atoms with van der Waals surface area (Å²) in [5, 5.41) is 13.6. The molecule has 47 heavy (non-hydrogen) atoms. The summed E-state index contributed by atoms with van der Waals surface area (Å²) in [7, 11) is 0. The lowest BCUT2D eigenvalue weighted by molar-refractivity contribution is 1.30. The molecule has 0 aliphatic heterocycles. The van der Waals surface area contributed by atoms with Crippen molar-refractivity contribution in [3.05, 3.63) is 176 Å². The fourth-order valence-corrected chi connectivity index (χ4v) is 7.48. The fraction of sp³-hybridized carbons (Fsp3) is 0. The molecule has 0 unspecified atom stereocenters. The van der Waals surface area contributed by atoms with Crippen LogP contribution in [0.25, 0.3) is 75.8 Å². The second kappa shape index (κ2) is 10.2. The van der Waals surface area contributed by atoms with Crippen molar-refractivity contribution in [1.29, 1.82) is 0 Å². The van der Waals surface area contributed by atoms with Crippen LogP contribution >= 0.6 is 0 Å². The van der Waals surface area contributed by atoms with Crippen molar-refractivity contribution in [2.24, 2.45) is 0 Å². The van der Waals surface area contributed by atoms with Gasteiger partial charge >= 0.3 is 0 Å². The summed E-state index contributed by atoms with van der Waals surface area (Å²) in [5.74, 6) is 0. The molecule has 0 aromatic heterocycles. The molecular weight excluding hydrogens is 567 g/mol. The molecule has 0 N–H and O–H groups in total. The SMILES string of the molecule is [2H]c1c([2H])c([2H])c(N(c2ccc3ccccc3c2)c2cc3ccc4cc(-c5cc6ccccc6c6ccccc56)cc5ccc(c2)c3c45)c([2H])c1[2H]. The molecule has 10 aromatic rings. The lowest BCUT2D eigenvalue weighted by atomic mass is 9.88. The number of fused-ring (bicyclic) bond motifs is 4. The van der Waals surface area contributed by atoms with Gasteiger partial charge in [-0.2, -0.15) is 0 Å². The van der Waals surface area contributed by atoms with E-state index in [1.807, 2.05) is 47.4 Å². The minimum absolute atomic E-state index is 0.112. The van der Waals surface area contributed by atoms with Gasteiger partial charge in [0.1, 0.15) is 0 Å². The van der Waals surface area contributed by atoms with Gasteiger partial charge in [-0.3, -0.25) is 0 Å². The molecule has 0 amide bonds. The van der Waals surface area contributed by atoms with Gasteiger partial charge in [0, 0.05) is 17.1 Å². The van der Waals surface area contributed by atoms with Crippen molar-refractivity contribution in [1.82, 2.24) is 0 Å². The van der Waals surface area contributed by atoms with Gasteiger partial charge in [0.05, 0.1) is 6.85 Å². The topological polar surface area (TPSA) is 3.24 Å². The third-order valence-corrected chi connectivity index (χ3v) is 9.56. The first-order chi connectivity index (χ1) is 25.4. The summed E-state index contributed by atoms with van der Waals surface area (Å²) in [5.41, 5.74) is 3.89. The molecule has 0 aliphatic carbocycles. The van der Waals surface area contributed by atoms with Crippen LogP contribution in [0.5, 0.6) is 0 Å². The molecule has 1 heteroatoms. The lowest BCUT2D eigenvalue weighted by Crippen LogP contribution is -2.10. The highest BCUT2D eigenvalue weighted by Crippen LogP contribution is 2.44. The van der Waals surface area contributed by atoms with Crippen molar-refractivity contribution < 1.29 is 6.85 Å². The van der Waals surface area contributed by atoms with Crippen LogP contribution < -0.4 is 4.90 Å². The molecule has 10 aromatic carbocycles. The molecule has 0 heterocycles. The highest BCUT2D eigenvalue weighted by molar-refractivity contribution is 6.25. The zero-order valence-corrected chi connectivity index (χ0v) is 25.3. The summed E-state index contributed by atoms with van der Waals surface area (Å²) < 4.78 is 43.2. The average molecular weight is 601 g/mol. The third kappa shape index (κ3) is 4.10. The first-order valence-electron chi connectivity index (χ1n) is 18.3. The van der Waals surface area contributed by atoms with E-state index in [4.69, 9.17) is 6.85 Å². The fourth-order valence-electron chi connectivity index (χ4n) is 7.48. The minimum Gasteiger partial charge on any atom is -0.310 e. The van der Waals surface area contributed by atoms with Crippen LogP contribution in [0.1, 0.15) is 6.85 Å². The van der Waals surface area contributed by atoms with Crippen LogP contribution in [0.3, 0.4) is 0 Å². The maximum absolute atomic E-state index is 8.96. The summed E-state index contributed by atoms with van der Waals surface area (Å²) in [4.78, 5) is 1.81. The molecule has 0 atom stereocenters. The molecule has 0 bridgehead atoms. The van der Waals surface area contributed by atoms with Crippen molar-refractivity contribution >= 4 is 81.7 Å². The third-order valence-electron chi connectivity index (χ3n) is 9.56. The Bertz CT molecular complexity index is 3000. The van der Waals surface area contributed by atoms with E-state index >= 15 is 0 Å². The Kier molecular flexibility index (Phi) is 4.66. The van der Waals surface area contributed by atoms with Gasteiger partial charge in [0.15, 0.2) is 0 Å². The Balaban J connectivity index is 1.20. The first-order valence-corrected chi connectivity index (χ1v) is 15.8. The second-order valence-electron chi connectivity index (χ2n) is 12.2. The Morgan fingerprint density at radius 1 is 0.362 bits per heavy atom. The van der Waals surface area contributed by atoms with Gasteiger partial charge in [-0.05, 0) is 130 Å². The predicted molar refractivity (Wildman–Crippen MR) is 203 cm³/mol.